The minimum absolute atomic E-state index is 0.176. The van der Waals surface area contributed by atoms with E-state index in [0.29, 0.717) is 5.52 Å². The normalized spacial score (nSPS) is 12.1. The average Bonchev–Trinajstić information content (AvgIpc) is 2.67. The second kappa shape index (κ2) is 7.27. The van der Waals surface area contributed by atoms with Crippen molar-refractivity contribution in [3.63, 3.8) is 0 Å². The topological polar surface area (TPSA) is 72.2 Å². The van der Waals surface area contributed by atoms with E-state index in [1.165, 1.54) is 0 Å². The van der Waals surface area contributed by atoms with Crippen molar-refractivity contribution in [2.45, 2.75) is 26.8 Å². The van der Waals surface area contributed by atoms with Crippen molar-refractivity contribution < 1.29 is 10.1 Å². The van der Waals surface area contributed by atoms with Crippen molar-refractivity contribution in [1.82, 2.24) is 9.97 Å². The lowest BCUT2D eigenvalue weighted by molar-refractivity contribution is -0.371. The summed E-state index contributed by atoms with van der Waals surface area (Å²) in [6, 6.07) is 19.4. The van der Waals surface area contributed by atoms with Gasteiger partial charge in [-0.15, -0.1) is 0 Å². The van der Waals surface area contributed by atoms with Crippen molar-refractivity contribution in [3.05, 3.63) is 89.0 Å². The fourth-order valence-corrected chi connectivity index (χ4v) is 3.38. The number of phenols is 1. The Labute approximate surface area is 164 Å². The maximum Gasteiger partial charge on any atom is 0.273 e. The second-order valence-electron chi connectivity index (χ2n) is 7.06. The molecule has 140 valence electrons. The van der Waals surface area contributed by atoms with Crippen LogP contribution in [-0.2, 0) is 0 Å². The number of H-pyrrole nitrogens is 1. The second-order valence-corrected chi connectivity index (χ2v) is 7.06. The number of rotatable bonds is 4. The van der Waals surface area contributed by atoms with Gasteiger partial charge in [0.05, 0.1) is 11.4 Å². The quantitative estimate of drug-likeness (QED) is 0.562. The SMILES string of the molecule is Cc1cccc([C@H](Nc2cccc(C)[nH+]2)c2ccc3ccc(C)nc3c2O)n1. The fraction of sp³-hybridized carbons (Fsp3) is 0.174. The number of hydrogen-bond acceptors (Lipinski definition) is 4. The molecule has 0 bridgehead atoms. The number of pyridine rings is 3. The van der Waals surface area contributed by atoms with Crippen LogP contribution in [0.5, 0.6) is 5.75 Å². The number of aromatic nitrogens is 3. The summed E-state index contributed by atoms with van der Waals surface area (Å²) in [5.41, 5.74) is 5.00. The molecule has 3 N–H and O–H groups in total. The van der Waals surface area contributed by atoms with E-state index >= 15 is 0 Å². The zero-order valence-electron chi connectivity index (χ0n) is 16.2. The third kappa shape index (κ3) is 3.51. The first-order valence-corrected chi connectivity index (χ1v) is 9.29. The first kappa shape index (κ1) is 17.9. The van der Waals surface area contributed by atoms with Gasteiger partial charge in [0.1, 0.15) is 11.3 Å². The Morgan fingerprint density at radius 2 is 1.61 bits per heavy atom. The van der Waals surface area contributed by atoms with Crippen LogP contribution in [0.25, 0.3) is 10.9 Å². The van der Waals surface area contributed by atoms with Gasteiger partial charge in [-0.25, -0.2) is 9.97 Å². The molecule has 0 radical (unpaired) electrons. The lowest BCUT2D eigenvalue weighted by atomic mass is 9.99. The minimum atomic E-state index is -0.329. The van der Waals surface area contributed by atoms with Gasteiger partial charge in [-0.2, -0.15) is 0 Å². The molecule has 0 spiro atoms. The molecule has 3 heterocycles. The summed E-state index contributed by atoms with van der Waals surface area (Å²) in [4.78, 5) is 12.6. The summed E-state index contributed by atoms with van der Waals surface area (Å²) in [7, 11) is 0. The van der Waals surface area contributed by atoms with Gasteiger partial charge < -0.3 is 5.11 Å². The smallest absolute Gasteiger partial charge is 0.273 e. The van der Waals surface area contributed by atoms with E-state index in [1.54, 1.807) is 0 Å². The number of hydrogen-bond donors (Lipinski definition) is 2. The zero-order valence-corrected chi connectivity index (χ0v) is 16.2. The largest absolute Gasteiger partial charge is 0.505 e. The predicted octanol–water partition coefficient (Wildman–Crippen LogP) is 4.28. The van der Waals surface area contributed by atoms with E-state index in [0.717, 1.165) is 39.5 Å². The average molecular weight is 371 g/mol. The number of aromatic hydroxyl groups is 1. The van der Waals surface area contributed by atoms with E-state index in [2.05, 4.69) is 15.3 Å². The summed E-state index contributed by atoms with van der Waals surface area (Å²) < 4.78 is 0. The Bertz CT molecular complexity index is 1160. The van der Waals surface area contributed by atoms with E-state index in [1.807, 2.05) is 81.4 Å². The van der Waals surface area contributed by atoms with Crippen LogP contribution >= 0.6 is 0 Å². The number of aryl methyl sites for hydroxylation is 3. The molecule has 1 aromatic carbocycles. The Morgan fingerprint density at radius 3 is 2.39 bits per heavy atom. The number of phenolic OH excluding ortho intramolecular Hbond substituents is 1. The van der Waals surface area contributed by atoms with Gasteiger partial charge >= 0.3 is 0 Å². The summed E-state index contributed by atoms with van der Waals surface area (Å²) in [6.45, 7) is 5.89. The van der Waals surface area contributed by atoms with Crippen molar-refractivity contribution in [2.24, 2.45) is 0 Å². The van der Waals surface area contributed by atoms with Crippen LogP contribution in [-0.4, -0.2) is 15.1 Å². The molecule has 5 nitrogen and oxygen atoms in total. The maximum absolute atomic E-state index is 11.1. The molecule has 0 aliphatic carbocycles. The molecule has 5 heteroatoms. The Balaban J connectivity index is 1.87. The molecule has 0 aliphatic heterocycles. The van der Waals surface area contributed by atoms with Gasteiger partial charge in [0.2, 0.25) is 0 Å². The summed E-state index contributed by atoms with van der Waals surface area (Å²) in [5.74, 6) is 1.03. The van der Waals surface area contributed by atoms with Crippen LogP contribution in [0.1, 0.15) is 34.4 Å². The standard InChI is InChI=1S/C23H22N4O/c1-14-6-4-8-19(24-14)22(27-20-9-5-7-15(2)25-20)18-13-12-17-11-10-16(3)26-21(17)23(18)28/h4-13,22,28H,1-3H3,(H,25,27)/p+1/t22-/m1/s1. The molecule has 0 saturated heterocycles. The number of anilines is 1. The van der Waals surface area contributed by atoms with Crippen LogP contribution < -0.4 is 10.3 Å². The summed E-state index contributed by atoms with van der Waals surface area (Å²) >= 11 is 0. The monoisotopic (exact) mass is 371 g/mol. The first-order chi connectivity index (χ1) is 13.5. The summed E-state index contributed by atoms with van der Waals surface area (Å²) in [5, 5.41) is 15.5. The Kier molecular flexibility index (Phi) is 4.65. The van der Waals surface area contributed by atoms with Gasteiger partial charge in [-0.3, -0.25) is 10.3 Å². The highest BCUT2D eigenvalue weighted by atomic mass is 16.3. The zero-order chi connectivity index (χ0) is 19.7. The molecular weight excluding hydrogens is 348 g/mol. The third-order valence-electron chi connectivity index (χ3n) is 4.76. The van der Waals surface area contributed by atoms with Crippen molar-refractivity contribution in [1.29, 1.82) is 0 Å². The summed E-state index contributed by atoms with van der Waals surface area (Å²) in [6.07, 6.45) is 0. The molecular formula is C23H23N4O+. The molecule has 4 aromatic rings. The van der Waals surface area contributed by atoms with E-state index in [-0.39, 0.29) is 11.8 Å². The van der Waals surface area contributed by atoms with Gasteiger partial charge in [0.15, 0.2) is 6.04 Å². The fourth-order valence-electron chi connectivity index (χ4n) is 3.38. The molecule has 0 saturated carbocycles. The van der Waals surface area contributed by atoms with Gasteiger partial charge in [-0.05, 0) is 51.1 Å². The first-order valence-electron chi connectivity index (χ1n) is 9.29. The molecule has 0 fully saturated rings. The van der Waals surface area contributed by atoms with E-state index in [9.17, 15) is 5.11 Å². The maximum atomic E-state index is 11.1. The van der Waals surface area contributed by atoms with Crippen LogP contribution in [0.3, 0.4) is 0 Å². The molecule has 3 aromatic heterocycles. The molecule has 28 heavy (non-hydrogen) atoms. The third-order valence-corrected chi connectivity index (χ3v) is 4.76. The van der Waals surface area contributed by atoms with Crippen LogP contribution in [0.4, 0.5) is 5.82 Å². The van der Waals surface area contributed by atoms with Gasteiger partial charge in [0, 0.05) is 28.4 Å². The number of nitrogens with zero attached hydrogens (tertiary/aromatic N) is 2. The lowest BCUT2D eigenvalue weighted by Crippen LogP contribution is -2.21. The molecule has 0 unspecified atom stereocenters. The van der Waals surface area contributed by atoms with Crippen molar-refractivity contribution >= 4 is 16.7 Å². The number of nitrogens with one attached hydrogen (secondary N) is 2. The Hall–Kier alpha value is -3.47. The van der Waals surface area contributed by atoms with Crippen molar-refractivity contribution in [2.75, 3.05) is 5.32 Å². The molecule has 4 rings (SSSR count). The highest BCUT2D eigenvalue weighted by molar-refractivity contribution is 5.86. The number of aromatic amines is 1. The highest BCUT2D eigenvalue weighted by Gasteiger charge is 2.25. The van der Waals surface area contributed by atoms with Crippen LogP contribution in [0.2, 0.25) is 0 Å². The number of benzene rings is 1. The van der Waals surface area contributed by atoms with E-state index in [4.69, 9.17) is 4.98 Å². The highest BCUT2D eigenvalue weighted by Crippen LogP contribution is 2.35. The van der Waals surface area contributed by atoms with E-state index < -0.39 is 0 Å². The Morgan fingerprint density at radius 1 is 0.857 bits per heavy atom. The van der Waals surface area contributed by atoms with Crippen LogP contribution in [0, 0.1) is 20.8 Å². The van der Waals surface area contributed by atoms with Gasteiger partial charge in [0.25, 0.3) is 5.82 Å². The van der Waals surface area contributed by atoms with Crippen LogP contribution in [0.15, 0.2) is 60.7 Å². The van der Waals surface area contributed by atoms with Crippen molar-refractivity contribution in [3.8, 4) is 5.75 Å². The molecule has 0 aliphatic rings. The molecule has 0 amide bonds. The predicted molar refractivity (Wildman–Crippen MR) is 110 cm³/mol. The lowest BCUT2D eigenvalue weighted by Gasteiger charge is -2.17. The minimum Gasteiger partial charge on any atom is -0.505 e. The van der Waals surface area contributed by atoms with Gasteiger partial charge in [-0.1, -0.05) is 24.3 Å². The molecule has 1 atom stereocenters. The number of fused-ring (bicyclic) bond motifs is 1.